The summed E-state index contributed by atoms with van der Waals surface area (Å²) in [5, 5.41) is 11.3. The molecule has 0 spiro atoms. The van der Waals surface area contributed by atoms with Crippen LogP contribution in [-0.4, -0.2) is 25.6 Å². The maximum absolute atomic E-state index is 7.31. The lowest BCUT2D eigenvalue weighted by Gasteiger charge is -2.04. The van der Waals surface area contributed by atoms with Crippen LogP contribution in [-0.2, 0) is 0 Å². The summed E-state index contributed by atoms with van der Waals surface area (Å²) in [6.07, 6.45) is 6.36. The van der Waals surface area contributed by atoms with Gasteiger partial charge in [-0.2, -0.15) is 5.10 Å². The zero-order valence-corrected chi connectivity index (χ0v) is 7.25. The Morgan fingerprint density at radius 2 is 2.07 bits per heavy atom. The Balaban J connectivity index is 2.58. The number of nitrogen functional groups attached to an aromatic ring is 1. The summed E-state index contributed by atoms with van der Waals surface area (Å²) in [6, 6.07) is 1.76. The van der Waals surface area contributed by atoms with Gasteiger partial charge >= 0.3 is 0 Å². The van der Waals surface area contributed by atoms with Gasteiger partial charge in [-0.25, -0.2) is 14.6 Å². The maximum atomic E-state index is 7.31. The maximum Gasteiger partial charge on any atom is 0.183 e. The first-order chi connectivity index (χ1) is 6.79. The molecular formula is C8H8N6. The van der Waals surface area contributed by atoms with E-state index in [2.05, 4.69) is 15.1 Å². The van der Waals surface area contributed by atoms with Crippen molar-refractivity contribution in [3.63, 3.8) is 0 Å². The van der Waals surface area contributed by atoms with E-state index < -0.39 is 0 Å². The van der Waals surface area contributed by atoms with Crippen LogP contribution in [0.4, 0.5) is 0 Å². The molecule has 0 bridgehead atoms. The molecule has 3 N–H and O–H groups in total. The minimum atomic E-state index is -0.122. The fourth-order valence-electron chi connectivity index (χ4n) is 1.08. The minimum absolute atomic E-state index is 0.122. The van der Waals surface area contributed by atoms with Crippen molar-refractivity contribution < 1.29 is 0 Å². The van der Waals surface area contributed by atoms with Crippen molar-refractivity contribution >= 4 is 5.84 Å². The SMILES string of the molecule is N=C(N)c1nccnc1-n1cccn1. The van der Waals surface area contributed by atoms with Crippen molar-refractivity contribution in [2.45, 2.75) is 0 Å². The van der Waals surface area contributed by atoms with E-state index in [1.165, 1.54) is 17.1 Å². The van der Waals surface area contributed by atoms with Gasteiger partial charge in [0.25, 0.3) is 0 Å². The van der Waals surface area contributed by atoms with Crippen molar-refractivity contribution in [3.05, 3.63) is 36.5 Å². The Kier molecular flexibility index (Phi) is 1.94. The van der Waals surface area contributed by atoms with Gasteiger partial charge in [-0.1, -0.05) is 0 Å². The number of hydrogen-bond donors (Lipinski definition) is 2. The predicted octanol–water partition coefficient (Wildman–Crippen LogP) is -0.0536. The number of rotatable bonds is 2. The molecule has 2 aromatic heterocycles. The number of nitrogens with zero attached hydrogens (tertiary/aromatic N) is 4. The summed E-state index contributed by atoms with van der Waals surface area (Å²) in [4.78, 5) is 8.02. The second kappa shape index (κ2) is 3.25. The fraction of sp³-hybridized carbons (Fsp3) is 0. The lowest BCUT2D eigenvalue weighted by molar-refractivity contribution is 0.833. The average molecular weight is 188 g/mol. The Labute approximate surface area is 79.9 Å². The highest BCUT2D eigenvalue weighted by Crippen LogP contribution is 2.05. The van der Waals surface area contributed by atoms with Crippen LogP contribution in [0.5, 0.6) is 0 Å². The molecule has 0 aliphatic carbocycles. The molecule has 0 radical (unpaired) electrons. The van der Waals surface area contributed by atoms with Crippen LogP contribution < -0.4 is 5.73 Å². The van der Waals surface area contributed by atoms with Gasteiger partial charge in [0.15, 0.2) is 5.82 Å². The molecule has 0 amide bonds. The highest BCUT2D eigenvalue weighted by Gasteiger charge is 2.09. The van der Waals surface area contributed by atoms with Gasteiger partial charge in [-0.15, -0.1) is 0 Å². The van der Waals surface area contributed by atoms with E-state index in [1.54, 1.807) is 18.5 Å². The molecule has 0 saturated carbocycles. The molecule has 0 saturated heterocycles. The Bertz CT molecular complexity index is 447. The van der Waals surface area contributed by atoms with Crippen LogP contribution in [0, 0.1) is 5.41 Å². The third-order valence-electron chi connectivity index (χ3n) is 1.66. The first-order valence-corrected chi connectivity index (χ1v) is 3.94. The monoisotopic (exact) mass is 188 g/mol. The molecule has 0 aliphatic rings. The highest BCUT2D eigenvalue weighted by atomic mass is 15.3. The van der Waals surface area contributed by atoms with Crippen LogP contribution in [0.15, 0.2) is 30.9 Å². The zero-order valence-electron chi connectivity index (χ0n) is 7.25. The van der Waals surface area contributed by atoms with Gasteiger partial charge in [-0.05, 0) is 6.07 Å². The van der Waals surface area contributed by atoms with Crippen molar-refractivity contribution in [2.24, 2.45) is 5.73 Å². The molecule has 2 heterocycles. The van der Waals surface area contributed by atoms with Gasteiger partial charge in [0.05, 0.1) is 0 Å². The van der Waals surface area contributed by atoms with Crippen LogP contribution in [0.25, 0.3) is 5.82 Å². The van der Waals surface area contributed by atoms with E-state index in [-0.39, 0.29) is 5.84 Å². The van der Waals surface area contributed by atoms with Crippen molar-refractivity contribution in [1.82, 2.24) is 19.7 Å². The van der Waals surface area contributed by atoms with Crippen molar-refractivity contribution in [2.75, 3.05) is 0 Å². The number of hydrogen-bond acceptors (Lipinski definition) is 4. The van der Waals surface area contributed by atoms with Crippen LogP contribution >= 0.6 is 0 Å². The second-order valence-corrected chi connectivity index (χ2v) is 2.59. The summed E-state index contributed by atoms with van der Waals surface area (Å²) in [6.45, 7) is 0. The van der Waals surface area contributed by atoms with E-state index >= 15 is 0 Å². The first kappa shape index (κ1) is 8.36. The van der Waals surface area contributed by atoms with Gasteiger partial charge in [0, 0.05) is 24.8 Å². The molecule has 0 unspecified atom stereocenters. The molecule has 6 nitrogen and oxygen atoms in total. The van der Waals surface area contributed by atoms with E-state index in [0.717, 1.165) is 0 Å². The largest absolute Gasteiger partial charge is 0.382 e. The summed E-state index contributed by atoms with van der Waals surface area (Å²) in [7, 11) is 0. The molecule has 2 rings (SSSR count). The van der Waals surface area contributed by atoms with Crippen LogP contribution in [0.2, 0.25) is 0 Å². The summed E-state index contributed by atoms with van der Waals surface area (Å²) < 4.78 is 1.52. The quantitative estimate of drug-likeness (QED) is 0.510. The highest BCUT2D eigenvalue weighted by molar-refractivity contribution is 5.95. The minimum Gasteiger partial charge on any atom is -0.382 e. The Hall–Kier alpha value is -2.24. The molecule has 0 atom stereocenters. The smallest absolute Gasteiger partial charge is 0.183 e. The van der Waals surface area contributed by atoms with Crippen LogP contribution in [0.3, 0.4) is 0 Å². The normalized spacial score (nSPS) is 10.0. The topological polar surface area (TPSA) is 93.5 Å². The van der Waals surface area contributed by atoms with Gasteiger partial charge in [-0.3, -0.25) is 5.41 Å². The van der Waals surface area contributed by atoms with E-state index in [0.29, 0.717) is 11.5 Å². The van der Waals surface area contributed by atoms with E-state index in [4.69, 9.17) is 11.1 Å². The summed E-state index contributed by atoms with van der Waals surface area (Å²) >= 11 is 0. The number of aromatic nitrogens is 4. The second-order valence-electron chi connectivity index (χ2n) is 2.59. The molecule has 0 aromatic carbocycles. The third-order valence-corrected chi connectivity index (χ3v) is 1.66. The Morgan fingerprint density at radius 1 is 1.29 bits per heavy atom. The fourth-order valence-corrected chi connectivity index (χ4v) is 1.08. The van der Waals surface area contributed by atoms with Crippen LogP contribution in [0.1, 0.15) is 5.69 Å². The molecule has 2 aromatic rings. The van der Waals surface area contributed by atoms with Gasteiger partial charge in [0.1, 0.15) is 11.5 Å². The molecule has 70 valence electrons. The Morgan fingerprint density at radius 3 is 2.71 bits per heavy atom. The molecule has 0 fully saturated rings. The zero-order chi connectivity index (χ0) is 9.97. The average Bonchev–Trinajstić information content (AvgIpc) is 2.70. The third kappa shape index (κ3) is 1.33. The molecule has 0 aliphatic heterocycles. The van der Waals surface area contributed by atoms with Crippen molar-refractivity contribution in [3.8, 4) is 5.82 Å². The molecule has 6 heteroatoms. The van der Waals surface area contributed by atoms with Gasteiger partial charge < -0.3 is 5.73 Å². The summed E-state index contributed by atoms with van der Waals surface area (Å²) in [5.41, 5.74) is 5.69. The van der Waals surface area contributed by atoms with E-state index in [9.17, 15) is 0 Å². The summed E-state index contributed by atoms with van der Waals surface area (Å²) in [5.74, 6) is 0.341. The lowest BCUT2D eigenvalue weighted by atomic mass is 10.4. The lowest BCUT2D eigenvalue weighted by Crippen LogP contribution is -2.17. The van der Waals surface area contributed by atoms with E-state index in [1.807, 2.05) is 0 Å². The molecular weight excluding hydrogens is 180 g/mol. The number of nitrogens with two attached hydrogens (primary N) is 1. The number of amidine groups is 1. The van der Waals surface area contributed by atoms with Gasteiger partial charge in [0.2, 0.25) is 0 Å². The first-order valence-electron chi connectivity index (χ1n) is 3.94. The molecule has 14 heavy (non-hydrogen) atoms. The van der Waals surface area contributed by atoms with Crippen molar-refractivity contribution in [1.29, 1.82) is 5.41 Å². The number of nitrogens with one attached hydrogen (secondary N) is 1. The standard InChI is InChI=1S/C8H8N6/c9-7(10)6-8(12-4-3-11-6)14-5-1-2-13-14/h1-5H,(H3,9,10). The predicted molar refractivity (Wildman–Crippen MR) is 50.2 cm³/mol.